The highest BCUT2D eigenvalue weighted by atomic mass is 16.3. The molecule has 0 fully saturated rings. The molecule has 2 N–H and O–H groups in total. The molecule has 5 rings (SSSR count). The summed E-state index contributed by atoms with van der Waals surface area (Å²) in [5.41, 5.74) is 5.03. The lowest BCUT2D eigenvalue weighted by Gasteiger charge is -2.19. The van der Waals surface area contributed by atoms with Crippen molar-refractivity contribution in [1.29, 1.82) is 0 Å². The van der Waals surface area contributed by atoms with Gasteiger partial charge < -0.3 is 10.4 Å². The number of aromatic nitrogens is 2. The second-order valence-electron chi connectivity index (χ2n) is 8.89. The van der Waals surface area contributed by atoms with Crippen LogP contribution in [0.5, 0.6) is 5.88 Å². The third-order valence-electron chi connectivity index (χ3n) is 5.74. The molecule has 0 radical (unpaired) electrons. The minimum Gasteiger partial charge on any atom is -0.494 e. The third-order valence-corrected chi connectivity index (χ3v) is 5.74. The van der Waals surface area contributed by atoms with Crippen molar-refractivity contribution in [3.05, 3.63) is 90.8 Å². The van der Waals surface area contributed by atoms with Gasteiger partial charge >= 0.3 is 0 Å². The lowest BCUT2D eigenvalue weighted by Crippen LogP contribution is -2.10. The SMILES string of the molecule is CC(C)(C)c1ccc(-n2cc3cccc(Nc4cccc5ncccc45)c3c2O)cc1. The topological polar surface area (TPSA) is 50.1 Å². The number of benzene rings is 3. The van der Waals surface area contributed by atoms with Crippen LogP contribution in [0.25, 0.3) is 27.4 Å². The first kappa shape index (κ1) is 19.2. The summed E-state index contributed by atoms with van der Waals surface area (Å²) in [5.74, 6) is 0.222. The number of aromatic hydroxyl groups is 1. The number of pyridine rings is 1. The second-order valence-corrected chi connectivity index (χ2v) is 8.89. The van der Waals surface area contributed by atoms with Crippen molar-refractivity contribution in [2.24, 2.45) is 0 Å². The molecular weight excluding hydrogens is 382 g/mol. The van der Waals surface area contributed by atoms with Gasteiger partial charge in [-0.05, 0) is 53.4 Å². The predicted molar refractivity (Wildman–Crippen MR) is 129 cm³/mol. The third kappa shape index (κ3) is 3.40. The average Bonchev–Trinajstić information content (AvgIpc) is 3.11. The smallest absolute Gasteiger partial charge is 0.205 e. The van der Waals surface area contributed by atoms with Crippen molar-refractivity contribution in [2.75, 3.05) is 5.32 Å². The number of hydrogen-bond donors (Lipinski definition) is 2. The van der Waals surface area contributed by atoms with Crippen LogP contribution in [0.4, 0.5) is 11.4 Å². The fourth-order valence-electron chi connectivity index (χ4n) is 4.03. The van der Waals surface area contributed by atoms with Crippen LogP contribution >= 0.6 is 0 Å². The highest BCUT2D eigenvalue weighted by Crippen LogP contribution is 2.38. The zero-order valence-corrected chi connectivity index (χ0v) is 17.9. The van der Waals surface area contributed by atoms with E-state index in [4.69, 9.17) is 0 Å². The largest absolute Gasteiger partial charge is 0.494 e. The van der Waals surface area contributed by atoms with Gasteiger partial charge in [-0.1, -0.05) is 51.1 Å². The van der Waals surface area contributed by atoms with Crippen molar-refractivity contribution >= 4 is 33.1 Å². The van der Waals surface area contributed by atoms with Crippen molar-refractivity contribution in [1.82, 2.24) is 9.55 Å². The molecule has 0 saturated heterocycles. The summed E-state index contributed by atoms with van der Waals surface area (Å²) in [6, 6.07) is 24.4. The number of nitrogens with zero attached hydrogens (tertiary/aromatic N) is 2. The first-order valence-corrected chi connectivity index (χ1v) is 10.5. The fraction of sp³-hybridized carbons (Fsp3) is 0.148. The molecule has 3 aromatic carbocycles. The Kier molecular flexibility index (Phi) is 4.44. The predicted octanol–water partition coefficient (Wildman–Crippen LogP) is 6.93. The summed E-state index contributed by atoms with van der Waals surface area (Å²) in [4.78, 5) is 4.44. The molecular formula is C27H25N3O. The van der Waals surface area contributed by atoms with Gasteiger partial charge in [0.15, 0.2) is 0 Å². The van der Waals surface area contributed by atoms with E-state index in [2.05, 4.69) is 55.3 Å². The molecule has 5 aromatic rings. The minimum absolute atomic E-state index is 0.0897. The Hall–Kier alpha value is -3.79. The maximum absolute atomic E-state index is 11.2. The summed E-state index contributed by atoms with van der Waals surface area (Å²) in [5, 5.41) is 17.5. The molecule has 0 bridgehead atoms. The number of anilines is 2. The summed E-state index contributed by atoms with van der Waals surface area (Å²) in [6.07, 6.45) is 3.77. The van der Waals surface area contributed by atoms with Gasteiger partial charge in [-0.15, -0.1) is 0 Å². The molecule has 2 heterocycles. The molecule has 0 amide bonds. The Morgan fingerprint density at radius 3 is 2.35 bits per heavy atom. The Morgan fingerprint density at radius 2 is 1.58 bits per heavy atom. The maximum atomic E-state index is 11.2. The Morgan fingerprint density at radius 1 is 0.839 bits per heavy atom. The molecule has 0 atom stereocenters. The van der Waals surface area contributed by atoms with Gasteiger partial charge in [0.1, 0.15) is 0 Å². The van der Waals surface area contributed by atoms with Crippen molar-refractivity contribution in [3.8, 4) is 11.6 Å². The van der Waals surface area contributed by atoms with Gasteiger partial charge in [0, 0.05) is 34.5 Å². The van der Waals surface area contributed by atoms with E-state index >= 15 is 0 Å². The second kappa shape index (κ2) is 7.17. The number of nitrogens with one attached hydrogen (secondary N) is 1. The van der Waals surface area contributed by atoms with Crippen LogP contribution in [-0.4, -0.2) is 14.7 Å². The van der Waals surface area contributed by atoms with E-state index in [-0.39, 0.29) is 11.3 Å². The number of rotatable bonds is 3. The van der Waals surface area contributed by atoms with E-state index in [1.54, 1.807) is 6.20 Å². The first-order chi connectivity index (χ1) is 14.9. The summed E-state index contributed by atoms with van der Waals surface area (Å²) < 4.78 is 1.84. The van der Waals surface area contributed by atoms with Crippen LogP contribution in [-0.2, 0) is 5.41 Å². The summed E-state index contributed by atoms with van der Waals surface area (Å²) in [7, 11) is 0. The monoisotopic (exact) mass is 407 g/mol. The highest BCUT2D eigenvalue weighted by Gasteiger charge is 2.16. The number of hydrogen-bond acceptors (Lipinski definition) is 3. The normalized spacial score (nSPS) is 11.8. The van der Waals surface area contributed by atoms with Crippen molar-refractivity contribution in [3.63, 3.8) is 0 Å². The summed E-state index contributed by atoms with van der Waals surface area (Å²) >= 11 is 0. The van der Waals surface area contributed by atoms with Gasteiger partial charge in [0.2, 0.25) is 5.88 Å². The maximum Gasteiger partial charge on any atom is 0.205 e. The number of fused-ring (bicyclic) bond motifs is 2. The molecule has 0 unspecified atom stereocenters. The summed E-state index contributed by atoms with van der Waals surface area (Å²) in [6.45, 7) is 6.60. The lowest BCUT2D eigenvalue weighted by molar-refractivity contribution is 0.448. The Bertz CT molecular complexity index is 1390. The average molecular weight is 408 g/mol. The highest BCUT2D eigenvalue weighted by molar-refractivity contribution is 6.02. The molecule has 0 aliphatic carbocycles. The molecule has 4 heteroatoms. The van der Waals surface area contributed by atoms with E-state index < -0.39 is 0 Å². The molecule has 31 heavy (non-hydrogen) atoms. The van der Waals surface area contributed by atoms with Gasteiger partial charge in [0.05, 0.1) is 16.6 Å². The van der Waals surface area contributed by atoms with Gasteiger partial charge in [-0.2, -0.15) is 0 Å². The Labute approximate surface area is 181 Å². The molecule has 4 nitrogen and oxygen atoms in total. The zero-order chi connectivity index (χ0) is 21.6. The molecule has 0 aliphatic heterocycles. The van der Waals surface area contributed by atoms with E-state index in [0.717, 1.165) is 38.7 Å². The quantitative estimate of drug-likeness (QED) is 0.341. The molecule has 2 aromatic heterocycles. The Balaban J connectivity index is 1.59. The van der Waals surface area contributed by atoms with Crippen molar-refractivity contribution in [2.45, 2.75) is 26.2 Å². The van der Waals surface area contributed by atoms with Crippen LogP contribution in [0.15, 0.2) is 85.2 Å². The van der Waals surface area contributed by atoms with Crippen molar-refractivity contribution < 1.29 is 5.11 Å². The molecule has 0 saturated carbocycles. The van der Waals surface area contributed by atoms with Crippen LogP contribution in [0.1, 0.15) is 26.3 Å². The lowest BCUT2D eigenvalue weighted by atomic mass is 9.87. The minimum atomic E-state index is 0.0897. The van der Waals surface area contributed by atoms with Gasteiger partial charge in [0.25, 0.3) is 0 Å². The van der Waals surface area contributed by atoms with Crippen LogP contribution in [0, 0.1) is 0 Å². The van der Waals surface area contributed by atoms with E-state index in [1.807, 2.05) is 59.3 Å². The van der Waals surface area contributed by atoms with E-state index in [1.165, 1.54) is 5.56 Å². The van der Waals surface area contributed by atoms with Gasteiger partial charge in [-0.3, -0.25) is 9.55 Å². The van der Waals surface area contributed by atoms with Crippen LogP contribution < -0.4 is 5.32 Å². The first-order valence-electron chi connectivity index (χ1n) is 10.5. The molecule has 154 valence electrons. The van der Waals surface area contributed by atoms with Crippen LogP contribution in [0.3, 0.4) is 0 Å². The standard InChI is InChI=1S/C27H25N3O/c1-27(2,3)19-12-14-20(15-13-19)30-17-18-7-4-11-24(25(18)26(30)31)29-23-10-5-9-22-21(23)8-6-16-28-22/h4-17,29,31H,1-3H3. The zero-order valence-electron chi connectivity index (χ0n) is 17.9. The van der Waals surface area contributed by atoms with E-state index in [0.29, 0.717) is 0 Å². The van der Waals surface area contributed by atoms with Gasteiger partial charge in [-0.25, -0.2) is 0 Å². The fourth-order valence-corrected chi connectivity index (χ4v) is 4.03. The molecule has 0 spiro atoms. The van der Waals surface area contributed by atoms with E-state index in [9.17, 15) is 5.11 Å². The molecule has 0 aliphatic rings. The van der Waals surface area contributed by atoms with Crippen LogP contribution in [0.2, 0.25) is 0 Å².